The summed E-state index contributed by atoms with van der Waals surface area (Å²) in [5, 5.41) is 21.5. The van der Waals surface area contributed by atoms with Gasteiger partial charge in [0.15, 0.2) is 6.10 Å². The van der Waals surface area contributed by atoms with Gasteiger partial charge in [0.25, 0.3) is 5.91 Å². The summed E-state index contributed by atoms with van der Waals surface area (Å²) >= 11 is 6.18. The van der Waals surface area contributed by atoms with Crippen LogP contribution in [0.25, 0.3) is 0 Å². The van der Waals surface area contributed by atoms with Gasteiger partial charge in [-0.3, -0.25) is 42.6 Å². The van der Waals surface area contributed by atoms with E-state index in [1.165, 1.54) is 65.2 Å². The number of nitrogens with two attached hydrogens (primary N) is 1. The molecule has 2 aromatic carbocycles. The number of urea groups is 1. The number of cyclic esters (lactones) is 2. The monoisotopic (exact) mass is 1660 g/mol. The van der Waals surface area contributed by atoms with Crippen LogP contribution in [0.4, 0.5) is 20.1 Å². The fraction of sp³-hybridized carbons (Fsp3) is 0.610. The average molecular weight is 1660 g/mol. The Hall–Kier alpha value is -8.75. The van der Waals surface area contributed by atoms with Crippen molar-refractivity contribution in [1.82, 2.24) is 47.0 Å². The number of nitrogens with one attached hydrogen (secondary N) is 8. The van der Waals surface area contributed by atoms with Crippen LogP contribution in [0.1, 0.15) is 178 Å². The minimum absolute atomic E-state index is 0.0148. The molecule has 12 N–H and O–H groups in total. The molecule has 0 spiro atoms. The number of phosphoric acid groups is 2. The van der Waals surface area contributed by atoms with Crippen LogP contribution in [0.15, 0.2) is 84.0 Å². The second-order valence-electron chi connectivity index (χ2n) is 29.4. The van der Waals surface area contributed by atoms with Gasteiger partial charge >= 0.3 is 45.8 Å². The smallest absolute Gasteiger partial charge is 0.456 e. The molecule has 0 aromatic heterocycles. The third-order valence-corrected chi connectivity index (χ3v) is 22.0. The number of ether oxygens (including phenoxy) is 4. The van der Waals surface area contributed by atoms with Crippen LogP contribution in [0.2, 0.25) is 5.02 Å². The van der Waals surface area contributed by atoms with Crippen LogP contribution >= 0.6 is 27.2 Å². The Morgan fingerprint density at radius 3 is 2.04 bits per heavy atom. The highest BCUT2D eigenvalue weighted by atomic mass is 35.5. The molecule has 636 valence electrons. The highest BCUT2D eigenvalue weighted by Gasteiger charge is 2.40. The summed E-state index contributed by atoms with van der Waals surface area (Å²) in [6, 6.07) is 4.06. The van der Waals surface area contributed by atoms with Crippen molar-refractivity contribution in [3.8, 4) is 0 Å². The van der Waals surface area contributed by atoms with Gasteiger partial charge in [-0.2, -0.15) is 4.31 Å². The fourth-order valence-electron chi connectivity index (χ4n) is 12.0. The number of allylic oxidation sites excluding steroid dienone is 3. The average Bonchev–Trinajstić information content (AvgIpc) is 0.834. The predicted molar refractivity (Wildman–Crippen MR) is 424 cm³/mol. The topological polar surface area (TPSA) is 473 Å². The first-order chi connectivity index (χ1) is 53.6. The van der Waals surface area contributed by atoms with E-state index in [0.29, 0.717) is 35.4 Å². The van der Waals surface area contributed by atoms with Gasteiger partial charge in [-0.05, 0) is 164 Å². The van der Waals surface area contributed by atoms with Gasteiger partial charge in [0.05, 0.1) is 19.8 Å². The summed E-state index contributed by atoms with van der Waals surface area (Å²) in [7, 11) is -7.80. The molecule has 0 saturated heterocycles. The molecule has 0 saturated carbocycles. The zero-order chi connectivity index (χ0) is 85.2. The number of nitrogens with zero attached hydrogens (tertiary/aromatic N) is 2. The van der Waals surface area contributed by atoms with Gasteiger partial charge in [0.2, 0.25) is 35.4 Å². The Kier molecular flexibility index (Phi) is 41.6. The maximum Gasteiger partial charge on any atom is 0.481 e. The van der Waals surface area contributed by atoms with E-state index in [2.05, 4.69) is 52.9 Å². The molecule has 4 rings (SSSR count). The van der Waals surface area contributed by atoms with Crippen LogP contribution in [-0.4, -0.2) is 192 Å². The molecular weight excluding hydrogens is 1540 g/mol. The molecule has 0 bridgehead atoms. The van der Waals surface area contributed by atoms with Gasteiger partial charge in [-0.1, -0.05) is 115 Å². The lowest BCUT2D eigenvalue weighted by Crippen LogP contribution is -2.57. The lowest BCUT2D eigenvalue weighted by Gasteiger charge is -2.33. The van der Waals surface area contributed by atoms with E-state index in [1.807, 2.05) is 6.08 Å². The zero-order valence-electron chi connectivity index (χ0n) is 67.7. The minimum atomic E-state index is -5.29. The lowest BCUT2D eigenvalue weighted by atomic mass is 9.90. The Labute approximate surface area is 672 Å². The normalized spacial score (nSPS) is 23.8. The van der Waals surface area contributed by atoms with Crippen molar-refractivity contribution < 1.29 is 109 Å². The number of amides is 11. The molecule has 114 heavy (non-hydrogen) atoms. The number of primary amides is 1. The SMILES string of the molecule is C/C=C(\C)[C@H]1OC(=O)[C@@H](C)NC(=O)C(C(C)CC)NC(=O)CN(C)C(=O)[C@@H](Cc2ccc(Cl)cc2)N(C)C(=O)[C@H](C)NC(=O)[C@@H](CC(C)C)OC(=O)/C(C)=C/C[C@H](OC(=O)NCCCCCOP(=O)(O)OP(=O)(O)OCc2ccc(NC(=O)[C@H](CCCNC(N)=O)NC(=O)[C@H](NC(=O)OC3CC/C=C/CCC3)C(C)C)cc2)[C@@H]1C. The number of esters is 2. The molecule has 1 aliphatic carbocycles. The summed E-state index contributed by atoms with van der Waals surface area (Å²) in [6.45, 7) is 18.1. The Morgan fingerprint density at radius 2 is 1.39 bits per heavy atom. The first-order valence-electron chi connectivity index (χ1n) is 38.5. The van der Waals surface area contributed by atoms with Crippen molar-refractivity contribution in [2.45, 2.75) is 240 Å². The van der Waals surface area contributed by atoms with Crippen molar-refractivity contribution in [2.24, 2.45) is 29.4 Å². The molecule has 2 aromatic rings. The molecule has 1 heterocycles. The van der Waals surface area contributed by atoms with E-state index in [4.69, 9.17) is 45.3 Å². The number of anilines is 1. The Balaban J connectivity index is 1.43. The third kappa shape index (κ3) is 34.8. The largest absolute Gasteiger partial charge is 0.481 e. The predicted octanol–water partition coefficient (Wildman–Crippen LogP) is 8.76. The second kappa shape index (κ2) is 48.6. The zero-order valence-corrected chi connectivity index (χ0v) is 70.2. The number of carbonyl (C=O) groups is 12. The van der Waals surface area contributed by atoms with E-state index >= 15 is 0 Å². The number of hydrogen-bond donors (Lipinski definition) is 11. The summed E-state index contributed by atoms with van der Waals surface area (Å²) < 4.78 is 63.9. The number of likely N-dealkylation sites (N-methyl/N-ethyl adjacent to an activating group) is 2. The molecule has 11 amide bonds. The Morgan fingerprint density at radius 1 is 0.754 bits per heavy atom. The van der Waals surface area contributed by atoms with Gasteiger partial charge < -0.3 is 86.8 Å². The number of phosphoric ester groups is 2. The highest BCUT2D eigenvalue weighted by Crippen LogP contribution is 2.60. The van der Waals surface area contributed by atoms with Crippen LogP contribution in [-0.2, 0) is 97.6 Å². The molecule has 14 atom stereocenters. The fourth-order valence-corrected chi connectivity index (χ4v) is 14.3. The van der Waals surface area contributed by atoms with Crippen molar-refractivity contribution in [3.63, 3.8) is 0 Å². The first kappa shape index (κ1) is 97.6. The van der Waals surface area contributed by atoms with Crippen LogP contribution in [0, 0.1) is 23.7 Å². The quantitative estimate of drug-likeness (QED) is 0.0110. The van der Waals surface area contributed by atoms with Crippen molar-refractivity contribution in [2.75, 3.05) is 45.7 Å². The van der Waals surface area contributed by atoms with Gasteiger partial charge in [-0.25, -0.2) is 33.1 Å². The van der Waals surface area contributed by atoms with E-state index in [-0.39, 0.29) is 93.3 Å². The van der Waals surface area contributed by atoms with Gasteiger partial charge in [0, 0.05) is 62.2 Å². The van der Waals surface area contributed by atoms with Crippen LogP contribution in [0.3, 0.4) is 0 Å². The number of unbranched alkanes of at least 4 members (excludes halogenated alkanes) is 2. The summed E-state index contributed by atoms with van der Waals surface area (Å²) in [4.78, 5) is 188. The molecule has 0 radical (unpaired) electrons. The van der Waals surface area contributed by atoms with E-state index in [0.717, 1.165) is 29.1 Å². The van der Waals surface area contributed by atoms with E-state index in [1.54, 1.807) is 92.7 Å². The van der Waals surface area contributed by atoms with E-state index in [9.17, 15) is 76.5 Å². The number of hydrogen-bond acceptors (Lipinski definition) is 21. The minimum Gasteiger partial charge on any atom is -0.456 e. The maximum absolute atomic E-state index is 14.4. The summed E-state index contributed by atoms with van der Waals surface area (Å²) in [5.41, 5.74) is 6.75. The number of halogens is 1. The van der Waals surface area contributed by atoms with E-state index < -0.39 is 179 Å². The molecule has 37 heteroatoms. The highest BCUT2D eigenvalue weighted by molar-refractivity contribution is 7.61. The molecule has 1 aliphatic heterocycles. The number of alkyl carbamates (subject to hydrolysis) is 2. The molecule has 34 nitrogen and oxygen atoms in total. The second-order valence-corrected chi connectivity index (χ2v) is 32.9. The van der Waals surface area contributed by atoms with Crippen molar-refractivity contribution in [1.29, 1.82) is 0 Å². The number of carbonyl (C=O) groups excluding carboxylic acids is 12. The van der Waals surface area contributed by atoms with Gasteiger partial charge in [0.1, 0.15) is 54.6 Å². The summed E-state index contributed by atoms with van der Waals surface area (Å²) in [6.07, 6.45) is 6.03. The van der Waals surface area contributed by atoms with Crippen molar-refractivity contribution in [3.05, 3.63) is 100 Å². The third-order valence-electron chi connectivity index (χ3n) is 19.1. The first-order valence-corrected chi connectivity index (χ1v) is 41.8. The molecule has 0 fully saturated rings. The maximum atomic E-state index is 14.4. The van der Waals surface area contributed by atoms with Crippen LogP contribution in [0.5, 0.6) is 0 Å². The molecular formula is C77H118ClN11O23P2. The lowest BCUT2D eigenvalue weighted by molar-refractivity contribution is -0.155. The van der Waals surface area contributed by atoms with Crippen LogP contribution < -0.4 is 48.3 Å². The summed E-state index contributed by atoms with van der Waals surface area (Å²) in [5.74, 6) is -8.91. The number of rotatable bonds is 31. The molecule has 2 aliphatic rings. The Bertz CT molecular complexity index is 3770. The molecule has 5 unspecified atom stereocenters. The van der Waals surface area contributed by atoms with Gasteiger partial charge in [-0.15, -0.1) is 0 Å². The van der Waals surface area contributed by atoms with Crippen molar-refractivity contribution >= 4 is 104 Å². The standard InChI is InChI=1S/C77H118ClN11O23P2/c1-15-48(7)65-70(94)83-53(12)74(98)111-66(49(8)16-2)51(10)61(38-29-50(9)73(97)109-62(42-46(3)4)68(92)82-52(11)71(95)89(14)60(43-54-30-34-56(78)35-31-54)72(96)88(13)44-63(90)86-65)110-76(100)81-39-23-20-24-41-106-113(102,103)112-114(104,105)107-45-55-32-36-57(37-33-55)84-67(91)59(28-25-40-80-75(79)99)85-69(93)64(47(5)6)87-77(101)108-58-26-21-18-17-19-22-27-58/h16-18,29-37,46-48,51-53,58-62,64-66H,15,19-28,38-45H2,1-14H3,(H,81,100)(H,82,92)(H,83,94)(H,84,91)(H,85,93)(H,86,90)(H,87,101)(H,102,103)(H,104,105)(H3,79,80,99)/b18-17+,49-16+,50-29+/t48?,51-,52-,53+,58?,59-,60+,61-,62+,64+,65?,66+/m0/s1. The number of benzene rings is 2.